The maximum atomic E-state index is 12.8. The van der Waals surface area contributed by atoms with E-state index in [-0.39, 0.29) is 11.9 Å². The summed E-state index contributed by atoms with van der Waals surface area (Å²) < 4.78 is 7.40. The molecule has 5 nitrogen and oxygen atoms in total. The number of nitrogens with zero attached hydrogens (tertiary/aromatic N) is 3. The molecule has 27 heavy (non-hydrogen) atoms. The van der Waals surface area contributed by atoms with Crippen LogP contribution in [0.2, 0.25) is 0 Å². The summed E-state index contributed by atoms with van der Waals surface area (Å²) in [6, 6.07) is 19.9. The van der Waals surface area contributed by atoms with E-state index in [4.69, 9.17) is 4.74 Å². The Morgan fingerprint density at radius 2 is 1.81 bits per heavy atom. The van der Waals surface area contributed by atoms with Gasteiger partial charge in [-0.1, -0.05) is 48.5 Å². The topological polar surface area (TPSA) is 47.4 Å². The molecule has 1 amide bonds. The molecule has 0 aliphatic carbocycles. The third-order valence-electron chi connectivity index (χ3n) is 4.64. The zero-order valence-corrected chi connectivity index (χ0v) is 14.9. The van der Waals surface area contributed by atoms with E-state index in [1.165, 1.54) is 0 Å². The third kappa shape index (κ3) is 3.99. The molecule has 0 saturated carbocycles. The lowest BCUT2D eigenvalue weighted by atomic mass is 10.0. The van der Waals surface area contributed by atoms with Gasteiger partial charge in [0.25, 0.3) is 0 Å². The van der Waals surface area contributed by atoms with Crippen molar-refractivity contribution in [3.05, 3.63) is 90.3 Å². The summed E-state index contributed by atoms with van der Waals surface area (Å²) in [7, 11) is 0. The molecule has 0 unspecified atom stereocenters. The van der Waals surface area contributed by atoms with Gasteiger partial charge in [0.05, 0.1) is 31.1 Å². The van der Waals surface area contributed by atoms with E-state index in [2.05, 4.69) is 5.10 Å². The van der Waals surface area contributed by atoms with Crippen molar-refractivity contribution in [1.29, 1.82) is 0 Å². The van der Waals surface area contributed by atoms with Gasteiger partial charge in [-0.15, -0.1) is 0 Å². The molecular weight excluding hydrogens is 338 g/mol. The smallest absolute Gasteiger partial charge is 0.247 e. The Morgan fingerprint density at radius 3 is 2.59 bits per heavy atom. The first kappa shape index (κ1) is 17.2. The van der Waals surface area contributed by atoms with E-state index in [0.29, 0.717) is 19.8 Å². The van der Waals surface area contributed by atoms with Crippen LogP contribution in [-0.4, -0.2) is 40.3 Å². The zero-order valence-electron chi connectivity index (χ0n) is 14.9. The summed E-state index contributed by atoms with van der Waals surface area (Å²) in [6.45, 7) is 1.68. The molecule has 1 fully saturated rings. The molecule has 2 aromatic carbocycles. The van der Waals surface area contributed by atoms with Gasteiger partial charge >= 0.3 is 0 Å². The maximum Gasteiger partial charge on any atom is 0.247 e. The highest BCUT2D eigenvalue weighted by Crippen LogP contribution is 2.24. The number of morpholine rings is 1. The van der Waals surface area contributed by atoms with Gasteiger partial charge in [-0.25, -0.2) is 4.68 Å². The molecule has 136 valence electrons. The van der Waals surface area contributed by atoms with Crippen LogP contribution < -0.4 is 0 Å². The van der Waals surface area contributed by atoms with Gasteiger partial charge in [0, 0.05) is 24.4 Å². The van der Waals surface area contributed by atoms with Crippen LogP contribution in [0.3, 0.4) is 0 Å². The van der Waals surface area contributed by atoms with E-state index < -0.39 is 0 Å². The summed E-state index contributed by atoms with van der Waals surface area (Å²) in [5.41, 5.74) is 2.97. The summed E-state index contributed by atoms with van der Waals surface area (Å²) >= 11 is 0. The second-order valence-corrected chi connectivity index (χ2v) is 6.42. The molecule has 1 saturated heterocycles. The predicted molar refractivity (Wildman–Crippen MR) is 104 cm³/mol. The van der Waals surface area contributed by atoms with Crippen molar-refractivity contribution in [2.75, 3.05) is 19.8 Å². The number of rotatable bonds is 4. The average Bonchev–Trinajstić information content (AvgIpc) is 3.22. The molecule has 3 aromatic rings. The van der Waals surface area contributed by atoms with Gasteiger partial charge < -0.3 is 9.64 Å². The minimum Gasteiger partial charge on any atom is -0.377 e. The van der Waals surface area contributed by atoms with Crippen LogP contribution in [0, 0.1) is 0 Å². The van der Waals surface area contributed by atoms with Gasteiger partial charge in [-0.3, -0.25) is 4.79 Å². The lowest BCUT2D eigenvalue weighted by Crippen LogP contribution is -2.42. The fourth-order valence-corrected chi connectivity index (χ4v) is 3.23. The zero-order chi connectivity index (χ0) is 18.5. The van der Waals surface area contributed by atoms with Crippen LogP contribution in [0.1, 0.15) is 17.2 Å². The van der Waals surface area contributed by atoms with E-state index >= 15 is 0 Å². The van der Waals surface area contributed by atoms with Crippen molar-refractivity contribution in [2.24, 2.45) is 0 Å². The molecule has 5 heteroatoms. The monoisotopic (exact) mass is 359 g/mol. The standard InChI is InChI=1S/C22H21N3O2/c26-22(24-13-14-27-17-21(24)19-7-3-1-4-8-19)12-11-18-15-23-25(16-18)20-9-5-2-6-10-20/h1-12,15-16,21H,13-14,17H2/b12-11+/t21-/m1/s1. The summed E-state index contributed by atoms with van der Waals surface area (Å²) in [4.78, 5) is 14.7. The maximum absolute atomic E-state index is 12.8. The van der Waals surface area contributed by atoms with Crippen molar-refractivity contribution in [3.63, 3.8) is 0 Å². The quantitative estimate of drug-likeness (QED) is 0.670. The Morgan fingerprint density at radius 1 is 1.07 bits per heavy atom. The van der Waals surface area contributed by atoms with E-state index in [1.54, 1.807) is 17.0 Å². The minimum atomic E-state index is -0.0517. The predicted octanol–water partition coefficient (Wildman–Crippen LogP) is 3.49. The van der Waals surface area contributed by atoms with Gasteiger partial charge in [-0.05, 0) is 23.8 Å². The molecule has 4 rings (SSSR count). The van der Waals surface area contributed by atoms with Crippen LogP contribution in [0.5, 0.6) is 0 Å². The first-order valence-electron chi connectivity index (χ1n) is 9.03. The minimum absolute atomic E-state index is 0.0142. The molecule has 1 aliphatic rings. The normalized spacial score (nSPS) is 17.3. The molecule has 1 atom stereocenters. The average molecular weight is 359 g/mol. The summed E-state index contributed by atoms with van der Waals surface area (Å²) in [6.07, 6.45) is 7.10. The molecule has 1 aliphatic heterocycles. The number of amides is 1. The number of hydrogen-bond donors (Lipinski definition) is 0. The molecule has 2 heterocycles. The summed E-state index contributed by atoms with van der Waals surface area (Å²) in [5, 5.41) is 4.36. The van der Waals surface area contributed by atoms with Crippen molar-refractivity contribution >= 4 is 12.0 Å². The third-order valence-corrected chi connectivity index (χ3v) is 4.64. The number of benzene rings is 2. The first-order valence-corrected chi connectivity index (χ1v) is 9.03. The van der Waals surface area contributed by atoms with Gasteiger partial charge in [-0.2, -0.15) is 5.10 Å². The largest absolute Gasteiger partial charge is 0.377 e. The molecule has 0 bridgehead atoms. The van der Waals surface area contributed by atoms with Crippen LogP contribution >= 0.6 is 0 Å². The molecular formula is C22H21N3O2. The molecule has 0 spiro atoms. The van der Waals surface area contributed by atoms with Gasteiger partial charge in [0.15, 0.2) is 0 Å². The Bertz CT molecular complexity index is 919. The van der Waals surface area contributed by atoms with Crippen molar-refractivity contribution < 1.29 is 9.53 Å². The number of carbonyl (C=O) groups is 1. The van der Waals surface area contributed by atoms with Crippen molar-refractivity contribution in [2.45, 2.75) is 6.04 Å². The lowest BCUT2D eigenvalue weighted by Gasteiger charge is -2.35. The highest BCUT2D eigenvalue weighted by Gasteiger charge is 2.27. The highest BCUT2D eigenvalue weighted by molar-refractivity contribution is 5.92. The van der Waals surface area contributed by atoms with Crippen LogP contribution in [0.25, 0.3) is 11.8 Å². The molecule has 0 radical (unpaired) electrons. The number of hydrogen-bond acceptors (Lipinski definition) is 3. The van der Waals surface area contributed by atoms with Crippen molar-refractivity contribution in [3.8, 4) is 5.69 Å². The Kier molecular flexibility index (Phi) is 5.12. The van der Waals surface area contributed by atoms with Gasteiger partial charge in [0.2, 0.25) is 5.91 Å². The Labute approximate surface area is 158 Å². The second-order valence-electron chi connectivity index (χ2n) is 6.42. The van der Waals surface area contributed by atoms with Crippen LogP contribution in [0.4, 0.5) is 0 Å². The molecule has 0 N–H and O–H groups in total. The number of carbonyl (C=O) groups excluding carboxylic acids is 1. The summed E-state index contributed by atoms with van der Waals surface area (Å²) in [5.74, 6) is -0.0142. The second kappa shape index (κ2) is 8.01. The number of para-hydroxylation sites is 1. The molecule has 1 aromatic heterocycles. The Balaban J connectivity index is 1.48. The Hall–Kier alpha value is -3.18. The van der Waals surface area contributed by atoms with Crippen LogP contribution in [0.15, 0.2) is 79.1 Å². The number of aromatic nitrogens is 2. The SMILES string of the molecule is O=C(/C=C/c1cnn(-c2ccccc2)c1)N1CCOC[C@@H]1c1ccccc1. The van der Waals surface area contributed by atoms with Gasteiger partial charge in [0.1, 0.15) is 0 Å². The first-order chi connectivity index (χ1) is 13.3. The highest BCUT2D eigenvalue weighted by atomic mass is 16.5. The van der Waals surface area contributed by atoms with Crippen molar-refractivity contribution in [1.82, 2.24) is 14.7 Å². The van der Waals surface area contributed by atoms with E-state index in [1.807, 2.05) is 77.8 Å². The number of ether oxygens (including phenoxy) is 1. The van der Waals surface area contributed by atoms with E-state index in [0.717, 1.165) is 16.8 Å². The van der Waals surface area contributed by atoms with E-state index in [9.17, 15) is 4.79 Å². The van der Waals surface area contributed by atoms with Crippen LogP contribution in [-0.2, 0) is 9.53 Å². The fourth-order valence-electron chi connectivity index (χ4n) is 3.23. The lowest BCUT2D eigenvalue weighted by molar-refractivity contribution is -0.134. The fraction of sp³-hybridized carbons (Fsp3) is 0.182.